The summed E-state index contributed by atoms with van der Waals surface area (Å²) in [6.07, 6.45) is 1.01. The van der Waals surface area contributed by atoms with Crippen molar-refractivity contribution < 1.29 is 18.7 Å². The van der Waals surface area contributed by atoms with Crippen molar-refractivity contribution in [2.45, 2.75) is 12.8 Å². The number of halogens is 2. The van der Waals surface area contributed by atoms with Gasteiger partial charge in [0.05, 0.1) is 17.2 Å². The molecule has 0 bridgehead atoms. The summed E-state index contributed by atoms with van der Waals surface area (Å²) in [4.78, 5) is 26.2. The summed E-state index contributed by atoms with van der Waals surface area (Å²) in [5.41, 5.74) is 2.42. The Morgan fingerprint density at radius 3 is 2.85 bits per heavy atom. The maximum atomic E-state index is 13.4. The van der Waals surface area contributed by atoms with Crippen molar-refractivity contribution in [1.82, 2.24) is 0 Å². The Hall–Kier alpha value is -2.44. The van der Waals surface area contributed by atoms with Gasteiger partial charge in [-0.05, 0) is 48.4 Å². The molecule has 0 fully saturated rings. The van der Waals surface area contributed by atoms with Gasteiger partial charge in [0.25, 0.3) is 5.91 Å². The number of anilines is 2. The first-order valence-corrected chi connectivity index (χ1v) is 8.56. The van der Waals surface area contributed by atoms with E-state index >= 15 is 0 Å². The molecule has 0 unspecified atom stereocenters. The average molecular weight is 377 g/mol. The monoisotopic (exact) mass is 376 g/mol. The van der Waals surface area contributed by atoms with E-state index in [0.29, 0.717) is 31.7 Å². The minimum Gasteiger partial charge on any atom is -0.383 e. The van der Waals surface area contributed by atoms with Gasteiger partial charge >= 0.3 is 0 Å². The second kappa shape index (κ2) is 7.85. The van der Waals surface area contributed by atoms with Crippen LogP contribution in [0.5, 0.6) is 0 Å². The largest absolute Gasteiger partial charge is 0.383 e. The van der Waals surface area contributed by atoms with Crippen LogP contribution in [0, 0.1) is 5.82 Å². The second-order valence-corrected chi connectivity index (χ2v) is 6.37. The summed E-state index contributed by atoms with van der Waals surface area (Å²) in [5, 5.41) is 2.91. The number of carbonyl (C=O) groups is 2. The van der Waals surface area contributed by atoms with E-state index in [2.05, 4.69) is 5.32 Å². The topological polar surface area (TPSA) is 58.6 Å². The summed E-state index contributed by atoms with van der Waals surface area (Å²) in [7, 11) is 1.59. The Balaban J connectivity index is 1.81. The molecule has 0 aliphatic carbocycles. The molecule has 7 heteroatoms. The molecule has 0 spiro atoms. The Morgan fingerprint density at radius 1 is 1.27 bits per heavy atom. The van der Waals surface area contributed by atoms with Crippen LogP contribution in [-0.2, 0) is 16.0 Å². The van der Waals surface area contributed by atoms with Crippen LogP contribution in [0.25, 0.3) is 0 Å². The maximum Gasteiger partial charge on any atom is 0.257 e. The van der Waals surface area contributed by atoms with E-state index in [0.717, 1.165) is 17.3 Å². The molecule has 0 saturated carbocycles. The van der Waals surface area contributed by atoms with Crippen molar-refractivity contribution >= 4 is 34.8 Å². The van der Waals surface area contributed by atoms with Gasteiger partial charge < -0.3 is 15.0 Å². The van der Waals surface area contributed by atoms with E-state index in [1.165, 1.54) is 12.1 Å². The number of methoxy groups -OCH3 is 1. The van der Waals surface area contributed by atoms with Crippen LogP contribution < -0.4 is 10.2 Å². The SMILES string of the molecule is COCCN1C(=O)CCc2cc(NC(=O)c3cc(F)ccc3Cl)ccc21. The number of hydrogen-bond acceptors (Lipinski definition) is 3. The lowest BCUT2D eigenvalue weighted by atomic mass is 10.0. The zero-order valence-electron chi connectivity index (χ0n) is 14.2. The number of nitrogens with zero attached hydrogens (tertiary/aromatic N) is 1. The van der Waals surface area contributed by atoms with Crippen LogP contribution in [-0.4, -0.2) is 32.1 Å². The highest BCUT2D eigenvalue weighted by atomic mass is 35.5. The first-order valence-electron chi connectivity index (χ1n) is 8.18. The minimum atomic E-state index is -0.530. The number of carbonyl (C=O) groups excluding carboxylic acids is 2. The van der Waals surface area contributed by atoms with Crippen LogP contribution in [0.1, 0.15) is 22.3 Å². The van der Waals surface area contributed by atoms with Gasteiger partial charge in [0.15, 0.2) is 0 Å². The molecule has 3 rings (SSSR count). The fraction of sp³-hybridized carbons (Fsp3) is 0.263. The molecular formula is C19H18ClFN2O3. The standard InChI is InChI=1S/C19H18ClFN2O3/c1-26-9-8-23-17-6-4-14(10-12(17)2-7-18(23)24)22-19(25)15-11-13(21)3-5-16(15)20/h3-6,10-11H,2,7-9H2,1H3,(H,22,25). The van der Waals surface area contributed by atoms with E-state index in [-0.39, 0.29) is 16.5 Å². The molecule has 2 aromatic rings. The van der Waals surface area contributed by atoms with Crippen molar-refractivity contribution in [2.75, 3.05) is 30.5 Å². The van der Waals surface area contributed by atoms with Crippen molar-refractivity contribution in [3.8, 4) is 0 Å². The summed E-state index contributed by atoms with van der Waals surface area (Å²) >= 11 is 5.97. The molecule has 2 amide bonds. The number of rotatable bonds is 5. The summed E-state index contributed by atoms with van der Waals surface area (Å²) in [6, 6.07) is 8.97. The molecule has 1 aliphatic heterocycles. The van der Waals surface area contributed by atoms with Crippen molar-refractivity contribution in [3.63, 3.8) is 0 Å². The third kappa shape index (κ3) is 3.86. The minimum absolute atomic E-state index is 0.0536. The van der Waals surface area contributed by atoms with Crippen LogP contribution in [0.3, 0.4) is 0 Å². The molecule has 1 aliphatic rings. The summed E-state index contributed by atoms with van der Waals surface area (Å²) < 4.78 is 18.4. The molecule has 26 heavy (non-hydrogen) atoms. The van der Waals surface area contributed by atoms with E-state index in [1.807, 2.05) is 6.07 Å². The number of hydrogen-bond donors (Lipinski definition) is 1. The maximum absolute atomic E-state index is 13.4. The van der Waals surface area contributed by atoms with E-state index in [1.54, 1.807) is 24.1 Å². The van der Waals surface area contributed by atoms with Crippen molar-refractivity contribution in [2.24, 2.45) is 0 Å². The molecule has 1 heterocycles. The molecule has 1 N–H and O–H groups in total. The van der Waals surface area contributed by atoms with Gasteiger partial charge in [-0.15, -0.1) is 0 Å². The lowest BCUT2D eigenvalue weighted by molar-refractivity contribution is -0.119. The number of benzene rings is 2. The molecular weight excluding hydrogens is 359 g/mol. The number of ether oxygens (including phenoxy) is 1. The van der Waals surface area contributed by atoms with Crippen LogP contribution in [0.2, 0.25) is 5.02 Å². The zero-order chi connectivity index (χ0) is 18.7. The van der Waals surface area contributed by atoms with Gasteiger partial charge in [-0.2, -0.15) is 0 Å². The lowest BCUT2D eigenvalue weighted by Crippen LogP contribution is -2.37. The van der Waals surface area contributed by atoms with E-state index in [4.69, 9.17) is 16.3 Å². The Morgan fingerprint density at radius 2 is 2.08 bits per heavy atom. The van der Waals surface area contributed by atoms with E-state index < -0.39 is 11.7 Å². The fourth-order valence-corrected chi connectivity index (χ4v) is 3.14. The molecule has 0 aromatic heterocycles. The van der Waals surface area contributed by atoms with Crippen LogP contribution in [0.15, 0.2) is 36.4 Å². The predicted octanol–water partition coefficient (Wildman–Crippen LogP) is 3.66. The molecule has 2 aromatic carbocycles. The smallest absolute Gasteiger partial charge is 0.257 e. The van der Waals surface area contributed by atoms with Crippen molar-refractivity contribution in [3.05, 3.63) is 58.4 Å². The highest BCUT2D eigenvalue weighted by Crippen LogP contribution is 2.30. The van der Waals surface area contributed by atoms with E-state index in [9.17, 15) is 14.0 Å². The Labute approximate surface area is 155 Å². The highest BCUT2D eigenvalue weighted by molar-refractivity contribution is 6.34. The van der Waals surface area contributed by atoms with Crippen LogP contribution >= 0.6 is 11.6 Å². The first kappa shape index (κ1) is 18.4. The van der Waals surface area contributed by atoms with Crippen LogP contribution in [0.4, 0.5) is 15.8 Å². The predicted molar refractivity (Wildman–Crippen MR) is 98.4 cm³/mol. The highest BCUT2D eigenvalue weighted by Gasteiger charge is 2.24. The molecule has 0 atom stereocenters. The number of amides is 2. The van der Waals surface area contributed by atoms with Gasteiger partial charge in [-0.1, -0.05) is 11.6 Å². The third-order valence-corrected chi connectivity index (χ3v) is 4.56. The summed E-state index contributed by atoms with van der Waals surface area (Å²) in [5.74, 6) is -0.965. The Kier molecular flexibility index (Phi) is 5.54. The normalized spacial score (nSPS) is 13.5. The van der Waals surface area contributed by atoms with Gasteiger partial charge in [0.2, 0.25) is 5.91 Å². The van der Waals surface area contributed by atoms with Crippen molar-refractivity contribution in [1.29, 1.82) is 0 Å². The lowest BCUT2D eigenvalue weighted by Gasteiger charge is -2.29. The summed E-state index contributed by atoms with van der Waals surface area (Å²) in [6.45, 7) is 0.925. The number of aryl methyl sites for hydroxylation is 1. The van der Waals surface area contributed by atoms with Gasteiger partial charge in [-0.3, -0.25) is 9.59 Å². The molecule has 0 radical (unpaired) electrons. The Bertz CT molecular complexity index is 857. The molecule has 136 valence electrons. The fourth-order valence-electron chi connectivity index (χ4n) is 2.94. The average Bonchev–Trinajstić information content (AvgIpc) is 2.63. The third-order valence-electron chi connectivity index (χ3n) is 4.23. The first-order chi connectivity index (χ1) is 12.5. The molecule has 5 nitrogen and oxygen atoms in total. The van der Waals surface area contributed by atoms with Gasteiger partial charge in [0, 0.05) is 31.5 Å². The second-order valence-electron chi connectivity index (χ2n) is 5.96. The number of fused-ring (bicyclic) bond motifs is 1. The van der Waals surface area contributed by atoms with Gasteiger partial charge in [-0.25, -0.2) is 4.39 Å². The van der Waals surface area contributed by atoms with Gasteiger partial charge in [0.1, 0.15) is 5.82 Å². The quantitative estimate of drug-likeness (QED) is 0.866. The molecule has 0 saturated heterocycles. The number of nitrogens with one attached hydrogen (secondary N) is 1. The zero-order valence-corrected chi connectivity index (χ0v) is 15.0.